The summed E-state index contributed by atoms with van der Waals surface area (Å²) in [6.45, 7) is 0.388. The topological polar surface area (TPSA) is 112 Å². The van der Waals surface area contributed by atoms with Crippen molar-refractivity contribution in [2.24, 2.45) is 4.99 Å². The molecule has 10 nitrogen and oxygen atoms in total. The molecule has 0 bridgehead atoms. The van der Waals surface area contributed by atoms with E-state index >= 15 is 0 Å². The second-order valence-electron chi connectivity index (χ2n) is 6.34. The minimum absolute atomic E-state index is 0.0326. The SMILES string of the molecule is CC(=O)SCCOP(=O)(Cl)CO[C@H](C)Cn1cnc2c(N=CN(C)C)ncnc21. The van der Waals surface area contributed by atoms with Crippen LogP contribution in [-0.2, 0) is 25.2 Å². The molecule has 0 fully saturated rings. The van der Waals surface area contributed by atoms with Crippen LogP contribution in [0.15, 0.2) is 17.6 Å². The Balaban J connectivity index is 1.93. The second-order valence-corrected chi connectivity index (χ2v) is 10.9. The number of nitrogens with zero attached hydrogens (tertiary/aromatic N) is 6. The van der Waals surface area contributed by atoms with Crippen LogP contribution in [-0.4, -0.2) is 74.8 Å². The molecule has 0 saturated heterocycles. The number of fused-ring (bicyclic) bond motifs is 1. The molecular weight excluding hydrogens is 439 g/mol. The van der Waals surface area contributed by atoms with Gasteiger partial charge in [0.2, 0.25) is 0 Å². The molecule has 0 aromatic carbocycles. The summed E-state index contributed by atoms with van der Waals surface area (Å²) in [5.41, 5.74) is 1.19. The fourth-order valence-electron chi connectivity index (χ4n) is 2.21. The molecule has 160 valence electrons. The van der Waals surface area contributed by atoms with Crippen molar-refractivity contribution >= 4 is 58.2 Å². The fourth-order valence-corrected chi connectivity index (χ4v) is 4.03. The lowest BCUT2D eigenvalue weighted by Crippen LogP contribution is -2.17. The van der Waals surface area contributed by atoms with Crippen LogP contribution in [0, 0.1) is 0 Å². The molecule has 2 rings (SSSR count). The van der Waals surface area contributed by atoms with Gasteiger partial charge in [-0.1, -0.05) is 11.8 Å². The molecule has 0 radical (unpaired) electrons. The fraction of sp³-hybridized carbons (Fsp3) is 0.562. The Bertz CT molecular complexity index is 909. The molecule has 13 heteroatoms. The summed E-state index contributed by atoms with van der Waals surface area (Å²) < 4.78 is 24.8. The first-order valence-corrected chi connectivity index (χ1v) is 12.4. The number of hydrogen-bond acceptors (Lipinski definition) is 9. The minimum atomic E-state index is -3.42. The van der Waals surface area contributed by atoms with Crippen molar-refractivity contribution in [2.75, 3.05) is 32.8 Å². The smallest absolute Gasteiger partial charge is 0.315 e. The van der Waals surface area contributed by atoms with Crippen molar-refractivity contribution in [3.05, 3.63) is 12.7 Å². The van der Waals surface area contributed by atoms with Crippen molar-refractivity contribution in [2.45, 2.75) is 26.5 Å². The van der Waals surface area contributed by atoms with Crippen LogP contribution in [0.4, 0.5) is 5.82 Å². The average Bonchev–Trinajstić information content (AvgIpc) is 3.05. The molecule has 2 aromatic rings. The predicted octanol–water partition coefficient (Wildman–Crippen LogP) is 3.14. The van der Waals surface area contributed by atoms with E-state index in [1.54, 1.807) is 22.1 Å². The van der Waals surface area contributed by atoms with E-state index in [0.717, 1.165) is 11.8 Å². The summed E-state index contributed by atoms with van der Waals surface area (Å²) >= 11 is 7.00. The lowest BCUT2D eigenvalue weighted by molar-refractivity contribution is -0.109. The molecule has 2 aromatic heterocycles. The van der Waals surface area contributed by atoms with Crippen LogP contribution in [0.1, 0.15) is 13.8 Å². The normalized spacial score (nSPS) is 14.9. The van der Waals surface area contributed by atoms with Gasteiger partial charge in [0.25, 0.3) is 0 Å². The number of thioether (sulfide) groups is 1. The zero-order chi connectivity index (χ0) is 21.4. The first-order chi connectivity index (χ1) is 13.7. The Hall–Kier alpha value is -1.52. The molecule has 29 heavy (non-hydrogen) atoms. The third-order valence-electron chi connectivity index (χ3n) is 3.43. The largest absolute Gasteiger partial charge is 0.369 e. The number of aromatic nitrogens is 4. The average molecular weight is 463 g/mol. The van der Waals surface area contributed by atoms with Gasteiger partial charge >= 0.3 is 6.72 Å². The highest BCUT2D eigenvalue weighted by Crippen LogP contribution is 2.52. The van der Waals surface area contributed by atoms with Gasteiger partial charge in [-0.3, -0.25) is 9.36 Å². The first kappa shape index (κ1) is 23.8. The number of carbonyl (C=O) groups excluding carboxylic acids is 1. The van der Waals surface area contributed by atoms with E-state index in [9.17, 15) is 9.36 Å². The Kier molecular flexibility index (Phi) is 9.04. The number of ether oxygens (including phenoxy) is 1. The lowest BCUT2D eigenvalue weighted by atomic mass is 10.4. The first-order valence-electron chi connectivity index (χ1n) is 8.72. The van der Waals surface area contributed by atoms with Crippen LogP contribution >= 0.6 is 29.7 Å². The molecule has 0 spiro atoms. The molecule has 0 aliphatic carbocycles. The monoisotopic (exact) mass is 462 g/mol. The minimum Gasteiger partial charge on any atom is -0.369 e. The van der Waals surface area contributed by atoms with Crippen LogP contribution in [0.2, 0.25) is 0 Å². The summed E-state index contributed by atoms with van der Waals surface area (Å²) in [6.07, 6.45) is 4.14. The van der Waals surface area contributed by atoms with E-state index in [1.807, 2.05) is 21.0 Å². The summed E-state index contributed by atoms with van der Waals surface area (Å²) in [5.74, 6) is 0.860. The molecule has 0 aliphatic heterocycles. The molecule has 0 saturated carbocycles. The summed E-state index contributed by atoms with van der Waals surface area (Å²) in [4.78, 5) is 29.7. The predicted molar refractivity (Wildman–Crippen MR) is 115 cm³/mol. The van der Waals surface area contributed by atoms with Gasteiger partial charge in [0.05, 0.1) is 31.9 Å². The number of imidazole rings is 1. The van der Waals surface area contributed by atoms with E-state index < -0.39 is 6.72 Å². The maximum absolute atomic E-state index is 12.2. The van der Waals surface area contributed by atoms with Crippen LogP contribution in [0.5, 0.6) is 0 Å². The molecular formula is C16H24ClN6O4PS. The highest BCUT2D eigenvalue weighted by Gasteiger charge is 2.22. The van der Waals surface area contributed by atoms with Crippen LogP contribution < -0.4 is 0 Å². The Labute approximate surface area is 178 Å². The van der Waals surface area contributed by atoms with Crippen LogP contribution in [0.25, 0.3) is 11.2 Å². The number of halogens is 1. The van der Waals surface area contributed by atoms with E-state index in [4.69, 9.17) is 20.5 Å². The van der Waals surface area contributed by atoms with E-state index in [-0.39, 0.29) is 24.2 Å². The molecule has 2 heterocycles. The summed E-state index contributed by atoms with van der Waals surface area (Å²) in [6, 6.07) is 0. The Morgan fingerprint density at radius 1 is 1.45 bits per heavy atom. The van der Waals surface area contributed by atoms with Gasteiger partial charge in [-0.2, -0.15) is 0 Å². The number of hydrogen-bond donors (Lipinski definition) is 0. The van der Waals surface area contributed by atoms with Gasteiger partial charge in [-0.05, 0) is 18.2 Å². The van der Waals surface area contributed by atoms with Crippen molar-refractivity contribution in [3.8, 4) is 0 Å². The molecule has 1 unspecified atom stereocenters. The van der Waals surface area contributed by atoms with Crippen molar-refractivity contribution in [1.82, 2.24) is 24.4 Å². The van der Waals surface area contributed by atoms with E-state index in [2.05, 4.69) is 19.9 Å². The molecule has 0 N–H and O–H groups in total. The lowest BCUT2D eigenvalue weighted by Gasteiger charge is -2.17. The van der Waals surface area contributed by atoms with Crippen molar-refractivity contribution in [3.63, 3.8) is 0 Å². The highest BCUT2D eigenvalue weighted by atomic mass is 35.7. The number of carbonyl (C=O) groups is 1. The van der Waals surface area contributed by atoms with Gasteiger partial charge in [-0.25, -0.2) is 19.9 Å². The second kappa shape index (κ2) is 11.0. The highest BCUT2D eigenvalue weighted by molar-refractivity contribution is 8.13. The van der Waals surface area contributed by atoms with E-state index in [0.29, 0.717) is 29.3 Å². The number of rotatable bonds is 11. The van der Waals surface area contributed by atoms with E-state index in [1.165, 1.54) is 13.3 Å². The summed E-state index contributed by atoms with van der Waals surface area (Å²) in [5, 5.41) is -0.0326. The standard InChI is InChI=1S/C16H24ClN6O4PS/c1-12(26-11-28(17,25)27-5-6-29-13(2)24)7-23-10-20-14-15(21-9-22(3)4)18-8-19-16(14)23/h8-10,12H,5-7,11H2,1-4H3/t12-,28?/m1/s1. The van der Waals surface area contributed by atoms with Crippen LogP contribution in [0.3, 0.4) is 0 Å². The van der Waals surface area contributed by atoms with Gasteiger partial charge in [-0.15, -0.1) is 0 Å². The zero-order valence-corrected chi connectivity index (χ0v) is 19.2. The quantitative estimate of drug-likeness (QED) is 0.215. The Morgan fingerprint density at radius 2 is 2.21 bits per heavy atom. The molecule has 0 amide bonds. The van der Waals surface area contributed by atoms with Crippen molar-refractivity contribution < 1.29 is 18.6 Å². The maximum Gasteiger partial charge on any atom is 0.315 e. The Morgan fingerprint density at radius 3 is 2.90 bits per heavy atom. The summed E-state index contributed by atoms with van der Waals surface area (Å²) in [7, 11) is 3.72. The van der Waals surface area contributed by atoms with Gasteiger partial charge in [0.15, 0.2) is 22.1 Å². The third kappa shape index (κ3) is 8.02. The van der Waals surface area contributed by atoms with Gasteiger partial charge in [0.1, 0.15) is 12.7 Å². The zero-order valence-electron chi connectivity index (χ0n) is 16.7. The van der Waals surface area contributed by atoms with Gasteiger partial charge < -0.3 is 18.7 Å². The molecule has 0 aliphatic rings. The van der Waals surface area contributed by atoms with Crippen molar-refractivity contribution in [1.29, 1.82) is 0 Å². The number of aliphatic imine (C=N–C) groups is 1. The maximum atomic E-state index is 12.2. The molecule has 2 atom stereocenters. The third-order valence-corrected chi connectivity index (χ3v) is 5.82. The van der Waals surface area contributed by atoms with Gasteiger partial charge in [0, 0.05) is 26.8 Å².